The van der Waals surface area contributed by atoms with Crippen LogP contribution in [0.4, 0.5) is 11.4 Å². The second kappa shape index (κ2) is 6.05. The van der Waals surface area contributed by atoms with Gasteiger partial charge in [0, 0.05) is 17.9 Å². The van der Waals surface area contributed by atoms with Gasteiger partial charge in [0.05, 0.1) is 6.42 Å². The Labute approximate surface area is 113 Å². The first-order chi connectivity index (χ1) is 9.22. The minimum atomic E-state index is 0.0617. The zero-order valence-corrected chi connectivity index (χ0v) is 11.0. The second-order valence-electron chi connectivity index (χ2n) is 4.35. The Bertz CT molecular complexity index is 552. The molecule has 0 saturated heterocycles. The van der Waals surface area contributed by atoms with E-state index in [9.17, 15) is 4.79 Å². The fourth-order valence-corrected chi connectivity index (χ4v) is 2.06. The van der Waals surface area contributed by atoms with Crippen molar-refractivity contribution in [3.8, 4) is 0 Å². The van der Waals surface area contributed by atoms with Crippen molar-refractivity contribution in [1.82, 2.24) is 0 Å². The summed E-state index contributed by atoms with van der Waals surface area (Å²) in [5, 5.41) is 0. The van der Waals surface area contributed by atoms with E-state index in [-0.39, 0.29) is 5.91 Å². The number of likely N-dealkylation sites (N-methyl/N-ethyl adjacent to an activating group) is 1. The van der Waals surface area contributed by atoms with Crippen LogP contribution in [0.2, 0.25) is 0 Å². The number of benzene rings is 2. The third kappa shape index (κ3) is 3.13. The highest BCUT2D eigenvalue weighted by Crippen LogP contribution is 2.17. The number of carbonyl (C=O) groups excluding carboxylic acids is 1. The van der Waals surface area contributed by atoms with Gasteiger partial charge < -0.3 is 10.6 Å². The summed E-state index contributed by atoms with van der Waals surface area (Å²) in [5.74, 6) is 0.0617. The van der Waals surface area contributed by atoms with Gasteiger partial charge in [-0.2, -0.15) is 0 Å². The summed E-state index contributed by atoms with van der Waals surface area (Å²) in [6, 6.07) is 17.2. The molecule has 0 bridgehead atoms. The molecular formula is C16H18N2O. The van der Waals surface area contributed by atoms with E-state index in [1.165, 1.54) is 0 Å². The molecule has 0 aromatic heterocycles. The Balaban J connectivity index is 2.17. The fourth-order valence-electron chi connectivity index (χ4n) is 2.06. The summed E-state index contributed by atoms with van der Waals surface area (Å²) in [6.45, 7) is 2.62. The molecule has 2 N–H and O–H groups in total. The largest absolute Gasteiger partial charge is 0.398 e. The van der Waals surface area contributed by atoms with E-state index < -0.39 is 0 Å². The van der Waals surface area contributed by atoms with Crippen LogP contribution < -0.4 is 10.6 Å². The average Bonchev–Trinajstić information content (AvgIpc) is 2.43. The zero-order chi connectivity index (χ0) is 13.7. The Morgan fingerprint density at radius 1 is 1.05 bits per heavy atom. The Morgan fingerprint density at radius 2 is 1.68 bits per heavy atom. The molecule has 0 fully saturated rings. The van der Waals surface area contributed by atoms with E-state index in [0.29, 0.717) is 18.7 Å². The summed E-state index contributed by atoms with van der Waals surface area (Å²) < 4.78 is 0. The van der Waals surface area contributed by atoms with Gasteiger partial charge in [0.25, 0.3) is 0 Å². The molecule has 2 aromatic rings. The van der Waals surface area contributed by atoms with Crippen molar-refractivity contribution in [2.45, 2.75) is 13.3 Å². The van der Waals surface area contributed by atoms with Crippen molar-refractivity contribution < 1.29 is 4.79 Å². The lowest BCUT2D eigenvalue weighted by atomic mass is 10.1. The number of nitrogens with two attached hydrogens (primary N) is 1. The van der Waals surface area contributed by atoms with E-state index in [2.05, 4.69) is 0 Å². The van der Waals surface area contributed by atoms with Gasteiger partial charge in [-0.15, -0.1) is 0 Å². The van der Waals surface area contributed by atoms with Crippen LogP contribution in [0.5, 0.6) is 0 Å². The van der Waals surface area contributed by atoms with Crippen molar-refractivity contribution in [3.63, 3.8) is 0 Å². The molecule has 0 aliphatic carbocycles. The van der Waals surface area contributed by atoms with E-state index in [1.807, 2.05) is 61.5 Å². The number of amides is 1. The molecule has 2 rings (SSSR count). The molecule has 2 aromatic carbocycles. The van der Waals surface area contributed by atoms with Gasteiger partial charge in [-0.1, -0.05) is 36.4 Å². The molecule has 0 spiro atoms. The molecule has 3 heteroatoms. The summed E-state index contributed by atoms with van der Waals surface area (Å²) in [6.07, 6.45) is 0.329. The van der Waals surface area contributed by atoms with Crippen LogP contribution in [0.3, 0.4) is 0 Å². The van der Waals surface area contributed by atoms with E-state index in [4.69, 9.17) is 5.73 Å². The summed E-state index contributed by atoms with van der Waals surface area (Å²) in [4.78, 5) is 14.1. The monoisotopic (exact) mass is 254 g/mol. The number of rotatable bonds is 4. The number of carbonyl (C=O) groups is 1. The highest BCUT2D eigenvalue weighted by atomic mass is 16.2. The van der Waals surface area contributed by atoms with Gasteiger partial charge in [0.15, 0.2) is 0 Å². The normalized spacial score (nSPS) is 10.2. The van der Waals surface area contributed by atoms with Crippen LogP contribution in [0.25, 0.3) is 0 Å². The highest BCUT2D eigenvalue weighted by molar-refractivity contribution is 5.95. The van der Waals surface area contributed by atoms with Crippen LogP contribution >= 0.6 is 0 Å². The third-order valence-electron chi connectivity index (χ3n) is 3.08. The van der Waals surface area contributed by atoms with Gasteiger partial charge >= 0.3 is 0 Å². The zero-order valence-electron chi connectivity index (χ0n) is 11.0. The summed E-state index contributed by atoms with van der Waals surface area (Å²) >= 11 is 0. The average molecular weight is 254 g/mol. The number of anilines is 2. The molecule has 0 aliphatic rings. The van der Waals surface area contributed by atoms with E-state index in [0.717, 1.165) is 11.3 Å². The second-order valence-corrected chi connectivity index (χ2v) is 4.35. The lowest BCUT2D eigenvalue weighted by molar-refractivity contribution is -0.117. The molecule has 0 unspecified atom stereocenters. The Morgan fingerprint density at radius 3 is 2.32 bits per heavy atom. The smallest absolute Gasteiger partial charge is 0.231 e. The van der Waals surface area contributed by atoms with Gasteiger partial charge in [0.2, 0.25) is 5.91 Å². The maximum Gasteiger partial charge on any atom is 0.231 e. The fraction of sp³-hybridized carbons (Fsp3) is 0.188. The summed E-state index contributed by atoms with van der Waals surface area (Å²) in [5.41, 5.74) is 8.34. The van der Waals surface area contributed by atoms with Crippen LogP contribution in [0, 0.1) is 0 Å². The van der Waals surface area contributed by atoms with Crippen LogP contribution in [0.15, 0.2) is 54.6 Å². The maximum absolute atomic E-state index is 12.4. The molecular weight excluding hydrogens is 236 g/mol. The third-order valence-corrected chi connectivity index (χ3v) is 3.08. The first-order valence-corrected chi connectivity index (χ1v) is 6.41. The number of para-hydroxylation sites is 2. The highest BCUT2D eigenvalue weighted by Gasteiger charge is 2.14. The topological polar surface area (TPSA) is 46.3 Å². The van der Waals surface area contributed by atoms with Crippen LogP contribution in [-0.2, 0) is 11.2 Å². The molecule has 1 amide bonds. The molecule has 0 saturated carbocycles. The standard InChI is InChI=1S/C16H18N2O/c1-2-18(14-9-4-3-5-10-14)16(19)12-13-8-6-7-11-15(13)17/h3-11H,2,12,17H2,1H3. The maximum atomic E-state index is 12.4. The number of hydrogen-bond acceptors (Lipinski definition) is 2. The predicted octanol–water partition coefficient (Wildman–Crippen LogP) is 2.86. The van der Waals surface area contributed by atoms with Crippen molar-refractivity contribution in [2.75, 3.05) is 17.2 Å². The first-order valence-electron chi connectivity index (χ1n) is 6.41. The van der Waals surface area contributed by atoms with Crippen molar-refractivity contribution >= 4 is 17.3 Å². The number of hydrogen-bond donors (Lipinski definition) is 1. The van der Waals surface area contributed by atoms with E-state index >= 15 is 0 Å². The van der Waals surface area contributed by atoms with Crippen molar-refractivity contribution in [2.24, 2.45) is 0 Å². The van der Waals surface area contributed by atoms with Crippen LogP contribution in [-0.4, -0.2) is 12.5 Å². The molecule has 0 heterocycles. The van der Waals surface area contributed by atoms with Crippen LogP contribution in [0.1, 0.15) is 12.5 Å². The lowest BCUT2D eigenvalue weighted by Gasteiger charge is -2.21. The van der Waals surface area contributed by atoms with Gasteiger partial charge in [-0.25, -0.2) is 0 Å². The molecule has 3 nitrogen and oxygen atoms in total. The molecule has 19 heavy (non-hydrogen) atoms. The quantitative estimate of drug-likeness (QED) is 0.853. The number of nitrogens with zero attached hydrogens (tertiary/aromatic N) is 1. The number of nitrogen functional groups attached to an aromatic ring is 1. The van der Waals surface area contributed by atoms with Gasteiger partial charge in [0.1, 0.15) is 0 Å². The minimum Gasteiger partial charge on any atom is -0.398 e. The SMILES string of the molecule is CCN(C(=O)Cc1ccccc1N)c1ccccc1. The molecule has 0 atom stereocenters. The molecule has 0 aliphatic heterocycles. The lowest BCUT2D eigenvalue weighted by Crippen LogP contribution is -2.32. The minimum absolute atomic E-state index is 0.0617. The Kier molecular flexibility index (Phi) is 4.18. The first kappa shape index (κ1) is 13.1. The molecule has 0 radical (unpaired) electrons. The predicted molar refractivity (Wildman–Crippen MR) is 79.0 cm³/mol. The van der Waals surface area contributed by atoms with Gasteiger partial charge in [-0.05, 0) is 30.7 Å². The van der Waals surface area contributed by atoms with Crippen molar-refractivity contribution in [3.05, 3.63) is 60.2 Å². The van der Waals surface area contributed by atoms with Crippen molar-refractivity contribution in [1.29, 1.82) is 0 Å². The van der Waals surface area contributed by atoms with E-state index in [1.54, 1.807) is 4.90 Å². The molecule has 98 valence electrons. The summed E-state index contributed by atoms with van der Waals surface area (Å²) in [7, 11) is 0. The Hall–Kier alpha value is -2.29. The van der Waals surface area contributed by atoms with Gasteiger partial charge in [-0.3, -0.25) is 4.79 Å².